The molecule has 4 nitrogen and oxygen atoms in total. The molecule has 0 amide bonds. The summed E-state index contributed by atoms with van der Waals surface area (Å²) >= 11 is 0. The average Bonchev–Trinajstić information content (AvgIpc) is 2.86. The lowest BCUT2D eigenvalue weighted by Crippen LogP contribution is -2.21. The van der Waals surface area contributed by atoms with Crippen LogP contribution in [0.4, 0.5) is 5.82 Å². The molecule has 15 heavy (non-hydrogen) atoms. The van der Waals surface area contributed by atoms with Crippen molar-refractivity contribution in [2.75, 3.05) is 18.0 Å². The monoisotopic (exact) mass is 204 g/mol. The number of rotatable bonds is 1. The first-order chi connectivity index (χ1) is 7.34. The van der Waals surface area contributed by atoms with E-state index in [9.17, 15) is 0 Å². The van der Waals surface area contributed by atoms with Crippen molar-refractivity contribution in [2.24, 2.45) is 0 Å². The quantitative estimate of drug-likeness (QED) is 0.740. The fourth-order valence-corrected chi connectivity index (χ4v) is 2.46. The molecule has 0 unspecified atom stereocenters. The van der Waals surface area contributed by atoms with Crippen LogP contribution in [-0.4, -0.2) is 23.1 Å². The average molecular weight is 204 g/mol. The highest BCUT2D eigenvalue weighted by Gasteiger charge is 2.23. The third kappa shape index (κ3) is 1.49. The van der Waals surface area contributed by atoms with Crippen LogP contribution < -0.4 is 10.2 Å². The van der Waals surface area contributed by atoms with Gasteiger partial charge in [-0.25, -0.2) is 9.97 Å². The van der Waals surface area contributed by atoms with E-state index in [4.69, 9.17) is 0 Å². The Morgan fingerprint density at radius 2 is 1.93 bits per heavy atom. The van der Waals surface area contributed by atoms with Crippen molar-refractivity contribution >= 4 is 5.82 Å². The summed E-state index contributed by atoms with van der Waals surface area (Å²) in [7, 11) is 0. The predicted molar refractivity (Wildman–Crippen MR) is 58.8 cm³/mol. The standard InChI is InChI=1S/C11H16N4/c1-8-13-10-7-12-6-9(10)11(14-8)15-4-2-3-5-15/h12H,2-7H2,1H3. The fourth-order valence-electron chi connectivity index (χ4n) is 2.46. The van der Waals surface area contributed by atoms with Crippen molar-refractivity contribution in [3.8, 4) is 0 Å². The Hall–Kier alpha value is -1.16. The van der Waals surface area contributed by atoms with Crippen LogP contribution in [0.2, 0.25) is 0 Å². The number of hydrogen-bond donors (Lipinski definition) is 1. The Morgan fingerprint density at radius 3 is 2.73 bits per heavy atom. The smallest absolute Gasteiger partial charge is 0.137 e. The largest absolute Gasteiger partial charge is 0.356 e. The molecule has 0 aromatic carbocycles. The minimum atomic E-state index is 0.902. The van der Waals surface area contributed by atoms with Gasteiger partial charge in [0.15, 0.2) is 0 Å². The van der Waals surface area contributed by atoms with Crippen LogP contribution in [-0.2, 0) is 13.1 Å². The maximum atomic E-state index is 4.60. The highest BCUT2D eigenvalue weighted by Crippen LogP contribution is 2.27. The maximum absolute atomic E-state index is 4.60. The zero-order valence-electron chi connectivity index (χ0n) is 9.08. The van der Waals surface area contributed by atoms with Gasteiger partial charge in [-0.1, -0.05) is 0 Å². The van der Waals surface area contributed by atoms with E-state index in [-0.39, 0.29) is 0 Å². The summed E-state index contributed by atoms with van der Waals surface area (Å²) in [6, 6.07) is 0. The van der Waals surface area contributed by atoms with Gasteiger partial charge in [0.05, 0.1) is 5.69 Å². The van der Waals surface area contributed by atoms with Gasteiger partial charge >= 0.3 is 0 Å². The molecule has 0 saturated carbocycles. The van der Waals surface area contributed by atoms with E-state index in [2.05, 4.69) is 20.2 Å². The zero-order chi connectivity index (χ0) is 10.3. The third-order valence-corrected chi connectivity index (χ3v) is 3.18. The van der Waals surface area contributed by atoms with Crippen LogP contribution >= 0.6 is 0 Å². The van der Waals surface area contributed by atoms with E-state index in [1.54, 1.807) is 0 Å². The van der Waals surface area contributed by atoms with Crippen molar-refractivity contribution < 1.29 is 0 Å². The lowest BCUT2D eigenvalue weighted by Gasteiger charge is -2.19. The topological polar surface area (TPSA) is 41.1 Å². The number of anilines is 1. The Labute approximate surface area is 89.7 Å². The van der Waals surface area contributed by atoms with E-state index >= 15 is 0 Å². The molecule has 4 heteroatoms. The molecule has 1 fully saturated rings. The Kier molecular flexibility index (Phi) is 2.09. The Morgan fingerprint density at radius 1 is 1.13 bits per heavy atom. The van der Waals surface area contributed by atoms with Crippen LogP contribution in [0.1, 0.15) is 29.9 Å². The number of fused-ring (bicyclic) bond motifs is 1. The molecular formula is C11H16N4. The summed E-state index contributed by atoms with van der Waals surface area (Å²) in [5.74, 6) is 2.08. The second-order valence-electron chi connectivity index (χ2n) is 4.32. The molecule has 0 atom stereocenters. The minimum Gasteiger partial charge on any atom is -0.356 e. The van der Waals surface area contributed by atoms with Gasteiger partial charge in [-0.3, -0.25) is 0 Å². The van der Waals surface area contributed by atoms with E-state index in [1.165, 1.54) is 29.9 Å². The SMILES string of the molecule is Cc1nc2c(c(N3CCCC3)n1)CNC2. The molecule has 1 saturated heterocycles. The van der Waals surface area contributed by atoms with Crippen LogP contribution in [0, 0.1) is 6.92 Å². The summed E-state index contributed by atoms with van der Waals surface area (Å²) in [6.45, 7) is 6.13. The molecule has 3 heterocycles. The van der Waals surface area contributed by atoms with Crippen molar-refractivity contribution in [3.63, 3.8) is 0 Å². The zero-order valence-corrected chi connectivity index (χ0v) is 9.08. The Bertz CT molecular complexity index is 382. The van der Waals surface area contributed by atoms with Gasteiger partial charge in [0, 0.05) is 31.7 Å². The van der Waals surface area contributed by atoms with E-state index in [1.807, 2.05) is 6.92 Å². The number of hydrogen-bond acceptors (Lipinski definition) is 4. The second-order valence-corrected chi connectivity index (χ2v) is 4.32. The van der Waals surface area contributed by atoms with E-state index < -0.39 is 0 Å². The molecule has 0 bridgehead atoms. The van der Waals surface area contributed by atoms with Crippen LogP contribution in [0.3, 0.4) is 0 Å². The molecule has 1 aromatic heterocycles. The molecular weight excluding hydrogens is 188 g/mol. The number of aryl methyl sites for hydroxylation is 1. The first-order valence-corrected chi connectivity index (χ1v) is 5.66. The highest BCUT2D eigenvalue weighted by atomic mass is 15.2. The molecule has 3 rings (SSSR count). The number of nitrogens with zero attached hydrogens (tertiary/aromatic N) is 3. The lowest BCUT2D eigenvalue weighted by molar-refractivity contribution is 0.756. The number of nitrogens with one attached hydrogen (secondary N) is 1. The van der Waals surface area contributed by atoms with Crippen molar-refractivity contribution in [1.82, 2.24) is 15.3 Å². The van der Waals surface area contributed by atoms with E-state index in [0.29, 0.717) is 0 Å². The second kappa shape index (κ2) is 3.45. The van der Waals surface area contributed by atoms with Crippen molar-refractivity contribution in [2.45, 2.75) is 32.9 Å². The van der Waals surface area contributed by atoms with Crippen molar-refractivity contribution in [3.05, 3.63) is 17.1 Å². The number of aromatic nitrogens is 2. The highest BCUT2D eigenvalue weighted by molar-refractivity contribution is 5.51. The molecule has 2 aliphatic heterocycles. The van der Waals surface area contributed by atoms with Gasteiger partial charge in [0.1, 0.15) is 11.6 Å². The van der Waals surface area contributed by atoms with Gasteiger partial charge < -0.3 is 10.2 Å². The molecule has 0 radical (unpaired) electrons. The normalized spacial score (nSPS) is 19.7. The Balaban J connectivity index is 2.05. The van der Waals surface area contributed by atoms with Gasteiger partial charge in [0.25, 0.3) is 0 Å². The summed E-state index contributed by atoms with van der Waals surface area (Å²) in [4.78, 5) is 11.5. The minimum absolute atomic E-state index is 0.902. The molecule has 1 N–H and O–H groups in total. The summed E-state index contributed by atoms with van der Waals surface area (Å²) in [6.07, 6.45) is 2.59. The summed E-state index contributed by atoms with van der Waals surface area (Å²) < 4.78 is 0. The van der Waals surface area contributed by atoms with E-state index in [0.717, 1.165) is 32.0 Å². The van der Waals surface area contributed by atoms with Crippen molar-refractivity contribution in [1.29, 1.82) is 0 Å². The van der Waals surface area contributed by atoms with Gasteiger partial charge in [-0.05, 0) is 19.8 Å². The maximum Gasteiger partial charge on any atom is 0.137 e. The van der Waals surface area contributed by atoms with Gasteiger partial charge in [0.2, 0.25) is 0 Å². The molecule has 1 aromatic rings. The fraction of sp³-hybridized carbons (Fsp3) is 0.636. The summed E-state index contributed by atoms with van der Waals surface area (Å²) in [5, 5.41) is 3.35. The first-order valence-electron chi connectivity index (χ1n) is 5.66. The molecule has 2 aliphatic rings. The van der Waals surface area contributed by atoms with Crippen LogP contribution in [0.25, 0.3) is 0 Å². The van der Waals surface area contributed by atoms with Gasteiger partial charge in [-0.2, -0.15) is 0 Å². The van der Waals surface area contributed by atoms with Gasteiger partial charge in [-0.15, -0.1) is 0 Å². The molecule has 80 valence electrons. The first kappa shape index (κ1) is 9.09. The van der Waals surface area contributed by atoms with Crippen LogP contribution in [0.5, 0.6) is 0 Å². The lowest BCUT2D eigenvalue weighted by atomic mass is 10.2. The predicted octanol–water partition coefficient (Wildman–Crippen LogP) is 0.988. The molecule has 0 spiro atoms. The third-order valence-electron chi connectivity index (χ3n) is 3.18. The van der Waals surface area contributed by atoms with Crippen LogP contribution in [0.15, 0.2) is 0 Å². The summed E-state index contributed by atoms with van der Waals surface area (Å²) in [5.41, 5.74) is 2.52. The molecule has 0 aliphatic carbocycles.